The van der Waals surface area contributed by atoms with Gasteiger partial charge >= 0.3 is 0 Å². The minimum absolute atomic E-state index is 0.101. The third-order valence-corrected chi connectivity index (χ3v) is 3.68. The van der Waals surface area contributed by atoms with Crippen molar-refractivity contribution in [2.24, 2.45) is 0 Å². The fourth-order valence-corrected chi connectivity index (χ4v) is 2.83. The Morgan fingerprint density at radius 1 is 1.39 bits per heavy atom. The number of carbonyl (C=O) groups is 2. The lowest BCUT2D eigenvalue weighted by Gasteiger charge is -2.43. The van der Waals surface area contributed by atoms with Gasteiger partial charge in [-0.3, -0.25) is 14.5 Å². The molecule has 0 spiro atoms. The number of amides is 2. The molecular weight excluding hydrogens is 254 g/mol. The molecule has 0 aliphatic carbocycles. The number of para-hydroxylation sites is 1. The van der Waals surface area contributed by atoms with Gasteiger partial charge in [-0.05, 0) is 12.1 Å². The SMILES string of the molecule is CN1C(=O)C2CNCC(=O)N2c2cccc(Cl)c21. The molecule has 1 aromatic carbocycles. The van der Waals surface area contributed by atoms with Crippen LogP contribution in [-0.2, 0) is 9.59 Å². The van der Waals surface area contributed by atoms with E-state index in [-0.39, 0.29) is 18.4 Å². The topological polar surface area (TPSA) is 52.7 Å². The highest BCUT2D eigenvalue weighted by molar-refractivity contribution is 6.35. The number of hydrogen-bond acceptors (Lipinski definition) is 3. The fourth-order valence-electron chi connectivity index (χ4n) is 2.53. The Hall–Kier alpha value is -1.59. The van der Waals surface area contributed by atoms with Gasteiger partial charge in [0.1, 0.15) is 6.04 Å². The number of likely N-dealkylation sites (N-methyl/N-ethyl adjacent to an activating group) is 1. The second kappa shape index (κ2) is 3.96. The van der Waals surface area contributed by atoms with E-state index >= 15 is 0 Å². The van der Waals surface area contributed by atoms with Crippen LogP contribution in [0.5, 0.6) is 0 Å². The molecule has 1 saturated heterocycles. The van der Waals surface area contributed by atoms with Crippen LogP contribution in [0.3, 0.4) is 0 Å². The lowest BCUT2D eigenvalue weighted by molar-refractivity contribution is -0.126. The number of benzene rings is 1. The smallest absolute Gasteiger partial charge is 0.251 e. The minimum Gasteiger partial charge on any atom is -0.310 e. The Morgan fingerprint density at radius 3 is 2.94 bits per heavy atom. The van der Waals surface area contributed by atoms with Crippen molar-refractivity contribution in [1.29, 1.82) is 0 Å². The lowest BCUT2D eigenvalue weighted by Crippen LogP contribution is -2.63. The van der Waals surface area contributed by atoms with Gasteiger partial charge in [0.2, 0.25) is 5.91 Å². The van der Waals surface area contributed by atoms with Crippen molar-refractivity contribution in [1.82, 2.24) is 5.32 Å². The zero-order valence-corrected chi connectivity index (χ0v) is 10.6. The first-order chi connectivity index (χ1) is 8.61. The van der Waals surface area contributed by atoms with E-state index in [1.54, 1.807) is 24.1 Å². The van der Waals surface area contributed by atoms with E-state index in [4.69, 9.17) is 11.6 Å². The molecule has 1 N–H and O–H groups in total. The van der Waals surface area contributed by atoms with Gasteiger partial charge in [0.15, 0.2) is 0 Å². The largest absolute Gasteiger partial charge is 0.310 e. The van der Waals surface area contributed by atoms with E-state index < -0.39 is 6.04 Å². The maximum Gasteiger partial charge on any atom is 0.251 e. The van der Waals surface area contributed by atoms with Crippen LogP contribution in [0.1, 0.15) is 0 Å². The van der Waals surface area contributed by atoms with Gasteiger partial charge in [-0.2, -0.15) is 0 Å². The van der Waals surface area contributed by atoms with Crippen LogP contribution in [0.2, 0.25) is 5.02 Å². The molecule has 2 aliphatic rings. The van der Waals surface area contributed by atoms with Crippen molar-refractivity contribution in [2.75, 3.05) is 29.9 Å². The molecule has 3 rings (SSSR count). The lowest BCUT2D eigenvalue weighted by atomic mass is 10.0. The zero-order chi connectivity index (χ0) is 12.9. The predicted molar refractivity (Wildman–Crippen MR) is 69.0 cm³/mol. The van der Waals surface area contributed by atoms with E-state index in [1.165, 1.54) is 4.90 Å². The first kappa shape index (κ1) is 11.5. The number of nitrogens with zero attached hydrogens (tertiary/aromatic N) is 2. The number of rotatable bonds is 0. The number of piperazine rings is 1. The summed E-state index contributed by atoms with van der Waals surface area (Å²) < 4.78 is 0. The molecule has 1 atom stereocenters. The maximum atomic E-state index is 12.3. The average molecular weight is 266 g/mol. The van der Waals surface area contributed by atoms with Gasteiger partial charge in [0.05, 0.1) is 22.9 Å². The average Bonchev–Trinajstić information content (AvgIpc) is 2.35. The molecule has 0 saturated carbocycles. The number of carbonyl (C=O) groups excluding carboxylic acids is 2. The molecule has 0 bridgehead atoms. The molecule has 2 aliphatic heterocycles. The standard InChI is InChI=1S/C12H12ClN3O2/c1-15-11-7(13)3-2-4-8(11)16-9(12(15)18)5-14-6-10(16)17/h2-4,9,14H,5-6H2,1H3. The molecule has 1 aromatic rings. The summed E-state index contributed by atoms with van der Waals surface area (Å²) in [7, 11) is 1.68. The highest BCUT2D eigenvalue weighted by Gasteiger charge is 2.42. The molecule has 94 valence electrons. The molecule has 18 heavy (non-hydrogen) atoms. The number of halogens is 1. The normalized spacial score (nSPS) is 22.9. The van der Waals surface area contributed by atoms with E-state index in [0.29, 0.717) is 22.9 Å². The molecule has 6 heteroatoms. The Labute approximate surface area is 109 Å². The monoisotopic (exact) mass is 265 g/mol. The van der Waals surface area contributed by atoms with Crippen molar-refractivity contribution in [2.45, 2.75) is 6.04 Å². The summed E-state index contributed by atoms with van der Waals surface area (Å²) in [5, 5.41) is 3.44. The van der Waals surface area contributed by atoms with Crippen molar-refractivity contribution in [3.63, 3.8) is 0 Å². The van der Waals surface area contributed by atoms with E-state index in [9.17, 15) is 9.59 Å². The third-order valence-electron chi connectivity index (χ3n) is 3.37. The summed E-state index contributed by atoms with van der Waals surface area (Å²) in [5.41, 5.74) is 1.32. The fraction of sp³-hybridized carbons (Fsp3) is 0.333. The van der Waals surface area contributed by atoms with Gasteiger partial charge in [0.25, 0.3) is 5.91 Å². The van der Waals surface area contributed by atoms with Crippen LogP contribution >= 0.6 is 11.6 Å². The van der Waals surface area contributed by atoms with Crippen LogP contribution < -0.4 is 15.1 Å². The van der Waals surface area contributed by atoms with Crippen LogP contribution in [0.15, 0.2) is 18.2 Å². The first-order valence-corrected chi connectivity index (χ1v) is 6.08. The highest BCUT2D eigenvalue weighted by atomic mass is 35.5. The van der Waals surface area contributed by atoms with Crippen LogP contribution in [0, 0.1) is 0 Å². The maximum absolute atomic E-state index is 12.3. The molecule has 5 nitrogen and oxygen atoms in total. The number of nitrogens with one attached hydrogen (secondary N) is 1. The number of fused-ring (bicyclic) bond motifs is 3. The Morgan fingerprint density at radius 2 is 2.17 bits per heavy atom. The summed E-state index contributed by atoms with van der Waals surface area (Å²) in [4.78, 5) is 27.3. The van der Waals surface area contributed by atoms with Crippen LogP contribution in [0.4, 0.5) is 11.4 Å². The Kier molecular flexibility index (Phi) is 2.53. The van der Waals surface area contributed by atoms with E-state index in [1.807, 2.05) is 6.07 Å². The molecule has 0 aromatic heterocycles. The Bertz CT molecular complexity index is 546. The van der Waals surface area contributed by atoms with E-state index in [2.05, 4.69) is 5.32 Å². The summed E-state index contributed by atoms with van der Waals surface area (Å²) in [6.45, 7) is 0.723. The quantitative estimate of drug-likeness (QED) is 0.748. The molecule has 1 unspecified atom stereocenters. The zero-order valence-electron chi connectivity index (χ0n) is 9.81. The second-order valence-corrected chi connectivity index (χ2v) is 4.82. The minimum atomic E-state index is -0.470. The number of hydrogen-bond donors (Lipinski definition) is 1. The van der Waals surface area contributed by atoms with Crippen molar-refractivity contribution < 1.29 is 9.59 Å². The van der Waals surface area contributed by atoms with Gasteiger partial charge < -0.3 is 10.2 Å². The van der Waals surface area contributed by atoms with Gasteiger partial charge in [-0.15, -0.1) is 0 Å². The van der Waals surface area contributed by atoms with E-state index in [0.717, 1.165) is 0 Å². The van der Waals surface area contributed by atoms with Crippen molar-refractivity contribution in [3.05, 3.63) is 23.2 Å². The molecule has 0 radical (unpaired) electrons. The molecular formula is C12H12ClN3O2. The van der Waals surface area contributed by atoms with Crippen LogP contribution in [-0.4, -0.2) is 38.0 Å². The summed E-state index contributed by atoms with van der Waals surface area (Å²) in [6.07, 6.45) is 0. The van der Waals surface area contributed by atoms with Crippen molar-refractivity contribution >= 4 is 34.8 Å². The first-order valence-electron chi connectivity index (χ1n) is 5.70. The summed E-state index contributed by atoms with van der Waals surface area (Å²) in [5.74, 6) is -0.215. The van der Waals surface area contributed by atoms with Crippen molar-refractivity contribution in [3.8, 4) is 0 Å². The van der Waals surface area contributed by atoms with Crippen LogP contribution in [0.25, 0.3) is 0 Å². The third kappa shape index (κ3) is 1.44. The number of anilines is 2. The van der Waals surface area contributed by atoms with Gasteiger partial charge in [-0.25, -0.2) is 0 Å². The summed E-state index contributed by atoms with van der Waals surface area (Å²) >= 11 is 6.13. The van der Waals surface area contributed by atoms with Gasteiger partial charge in [0, 0.05) is 13.6 Å². The molecule has 2 amide bonds. The highest BCUT2D eigenvalue weighted by Crippen LogP contribution is 2.40. The van der Waals surface area contributed by atoms with Gasteiger partial charge in [-0.1, -0.05) is 17.7 Å². The second-order valence-electron chi connectivity index (χ2n) is 4.42. The molecule has 1 fully saturated rings. The molecule has 2 heterocycles. The predicted octanol–water partition coefficient (Wildman–Crippen LogP) is 0.621. The Balaban J connectivity index is 2.21. The summed E-state index contributed by atoms with van der Waals surface area (Å²) in [6, 6.07) is 4.86.